The van der Waals surface area contributed by atoms with Crippen molar-refractivity contribution in [2.75, 3.05) is 23.9 Å². The second-order valence-electron chi connectivity index (χ2n) is 10.5. The van der Waals surface area contributed by atoms with Gasteiger partial charge in [0.2, 0.25) is 16.0 Å². The van der Waals surface area contributed by atoms with E-state index in [4.69, 9.17) is 9.88 Å². The molecule has 0 atom stereocenters. The summed E-state index contributed by atoms with van der Waals surface area (Å²) in [4.78, 5) is 43.0. The van der Waals surface area contributed by atoms with Crippen LogP contribution in [0, 0.1) is 0 Å². The van der Waals surface area contributed by atoms with Crippen molar-refractivity contribution < 1.29 is 31.1 Å². The maximum atomic E-state index is 13.9. The Labute approximate surface area is 267 Å². The lowest BCUT2D eigenvalue weighted by Crippen LogP contribution is -2.49. The molecular formula is C28H30F3N11O4S. The highest BCUT2D eigenvalue weighted by molar-refractivity contribution is 7.89. The van der Waals surface area contributed by atoms with E-state index in [1.54, 1.807) is 24.2 Å². The summed E-state index contributed by atoms with van der Waals surface area (Å²) in [6.07, 6.45) is 6.03. The predicted octanol–water partition coefficient (Wildman–Crippen LogP) is 3.42. The van der Waals surface area contributed by atoms with Gasteiger partial charge >= 0.3 is 18.2 Å². The maximum Gasteiger partial charge on any atom is 0.419 e. The van der Waals surface area contributed by atoms with E-state index < -0.39 is 32.4 Å². The highest BCUT2D eigenvalue weighted by atomic mass is 32.2. The molecule has 1 fully saturated rings. The van der Waals surface area contributed by atoms with Crippen LogP contribution in [-0.2, 0) is 16.2 Å². The number of hydrogen-bond donors (Lipinski definition) is 3. The Morgan fingerprint density at radius 1 is 0.979 bits per heavy atom. The van der Waals surface area contributed by atoms with Gasteiger partial charge in [0.05, 0.1) is 30.9 Å². The van der Waals surface area contributed by atoms with E-state index in [0.717, 1.165) is 18.5 Å². The van der Waals surface area contributed by atoms with Crippen LogP contribution in [0.3, 0.4) is 0 Å². The third-order valence-corrected chi connectivity index (χ3v) is 8.22. The van der Waals surface area contributed by atoms with E-state index in [2.05, 4.69) is 45.5 Å². The molecule has 0 spiro atoms. The summed E-state index contributed by atoms with van der Waals surface area (Å²) in [6.45, 7) is 2.19. The minimum absolute atomic E-state index is 0.0815. The van der Waals surface area contributed by atoms with Crippen LogP contribution < -0.4 is 25.4 Å². The Hall–Kier alpha value is -5.04. The molecule has 19 heteroatoms. The summed E-state index contributed by atoms with van der Waals surface area (Å²) in [5, 5.41) is 11.0. The smallest absolute Gasteiger partial charge is 0.419 e. The molecule has 4 aromatic heterocycles. The third-order valence-electron chi connectivity index (χ3n) is 7.34. The fourth-order valence-corrected chi connectivity index (χ4v) is 5.58. The van der Waals surface area contributed by atoms with E-state index in [1.165, 1.54) is 19.5 Å². The number of hydrogen-bond acceptors (Lipinski definition) is 12. The van der Waals surface area contributed by atoms with Crippen molar-refractivity contribution in [2.24, 2.45) is 5.14 Å². The molecule has 248 valence electrons. The van der Waals surface area contributed by atoms with Gasteiger partial charge in [-0.1, -0.05) is 0 Å². The molecule has 0 unspecified atom stereocenters. The predicted molar refractivity (Wildman–Crippen MR) is 162 cm³/mol. The number of sulfonamides is 1. The molecule has 0 saturated heterocycles. The summed E-state index contributed by atoms with van der Waals surface area (Å²) < 4.78 is 70.1. The highest BCUT2D eigenvalue weighted by Gasteiger charge is 2.36. The van der Waals surface area contributed by atoms with E-state index in [0.29, 0.717) is 55.5 Å². The van der Waals surface area contributed by atoms with Gasteiger partial charge in [-0.2, -0.15) is 13.2 Å². The molecule has 4 aromatic rings. The number of nitrogens with two attached hydrogens (primary N) is 1. The van der Waals surface area contributed by atoms with Gasteiger partial charge in [0, 0.05) is 60.7 Å². The summed E-state index contributed by atoms with van der Waals surface area (Å²) >= 11 is 0. The largest absolute Gasteiger partial charge is 0.467 e. The minimum atomic E-state index is -4.82. The summed E-state index contributed by atoms with van der Waals surface area (Å²) in [6, 6.07) is 0.364. The van der Waals surface area contributed by atoms with Crippen molar-refractivity contribution >= 4 is 27.8 Å². The van der Waals surface area contributed by atoms with E-state index in [1.807, 2.05) is 0 Å². The van der Waals surface area contributed by atoms with Crippen LogP contribution in [0.1, 0.15) is 38.2 Å². The lowest BCUT2D eigenvalue weighted by atomic mass is 9.90. The van der Waals surface area contributed by atoms with Crippen LogP contribution >= 0.6 is 0 Å². The maximum absolute atomic E-state index is 13.9. The summed E-state index contributed by atoms with van der Waals surface area (Å²) in [5.41, 5.74) is -0.787. The second-order valence-corrected chi connectivity index (χ2v) is 12.0. The zero-order valence-electron chi connectivity index (χ0n) is 25.1. The standard InChI is InChI=1S/C28H30F3N11O4S/c1-3-34-27(43)42(23-15-35-22(14-36-23)17-10-38-26(46-2)39-11-17)19-6-4-18(5-7-19)40-25-37-13-21(28(29,30)31)24(41-25)16-8-20(12-33-9-16)47(32,44)45/h8-15,18-19H,3-7H2,1-2H3,(H,34,43)(H2,32,44,45)(H,37,40,41). The molecule has 0 aromatic carbocycles. The van der Waals surface area contributed by atoms with Crippen LogP contribution in [-0.4, -0.2) is 75.1 Å². The second kappa shape index (κ2) is 13.8. The van der Waals surface area contributed by atoms with E-state index in [9.17, 15) is 26.4 Å². The number of nitrogens with one attached hydrogen (secondary N) is 2. The Kier molecular flexibility index (Phi) is 9.75. The van der Waals surface area contributed by atoms with Crippen molar-refractivity contribution in [3.05, 3.63) is 55.0 Å². The van der Waals surface area contributed by atoms with Gasteiger partial charge in [-0.05, 0) is 38.7 Å². The van der Waals surface area contributed by atoms with Gasteiger partial charge in [0.25, 0.3) is 0 Å². The molecule has 1 aliphatic carbocycles. The van der Waals surface area contributed by atoms with Crippen LogP contribution in [0.5, 0.6) is 6.01 Å². The number of pyridine rings is 1. The monoisotopic (exact) mass is 673 g/mol. The van der Waals surface area contributed by atoms with Gasteiger partial charge in [0.15, 0.2) is 5.82 Å². The summed E-state index contributed by atoms with van der Waals surface area (Å²) in [5.74, 6) is 0.263. The Morgan fingerprint density at radius 2 is 1.70 bits per heavy atom. The highest BCUT2D eigenvalue weighted by Crippen LogP contribution is 2.37. The Morgan fingerprint density at radius 3 is 2.30 bits per heavy atom. The molecule has 0 aliphatic heterocycles. The first-order valence-electron chi connectivity index (χ1n) is 14.3. The zero-order valence-corrected chi connectivity index (χ0v) is 26.0. The van der Waals surface area contributed by atoms with Crippen LogP contribution in [0.25, 0.3) is 22.5 Å². The number of ether oxygens (including phenoxy) is 1. The molecule has 4 heterocycles. The molecule has 0 bridgehead atoms. The first-order chi connectivity index (χ1) is 22.4. The average Bonchev–Trinajstić information content (AvgIpc) is 3.05. The number of amides is 2. The summed E-state index contributed by atoms with van der Waals surface area (Å²) in [7, 11) is -2.77. The molecule has 47 heavy (non-hydrogen) atoms. The molecule has 4 N–H and O–H groups in total. The van der Waals surface area contributed by atoms with Crippen LogP contribution in [0.2, 0.25) is 0 Å². The van der Waals surface area contributed by atoms with Gasteiger partial charge < -0.3 is 15.4 Å². The molecular weight excluding hydrogens is 643 g/mol. The van der Waals surface area contributed by atoms with Gasteiger partial charge in [-0.25, -0.2) is 43.3 Å². The fourth-order valence-electron chi connectivity index (χ4n) is 5.09. The Bertz CT molecular complexity index is 1820. The van der Waals surface area contributed by atoms with E-state index in [-0.39, 0.29) is 35.6 Å². The quantitative estimate of drug-likeness (QED) is 0.234. The van der Waals surface area contributed by atoms with Crippen molar-refractivity contribution in [3.8, 4) is 28.5 Å². The zero-order chi connectivity index (χ0) is 33.8. The van der Waals surface area contributed by atoms with Crippen molar-refractivity contribution in [1.29, 1.82) is 0 Å². The molecule has 0 radical (unpaired) electrons. The number of aromatic nitrogens is 7. The van der Waals surface area contributed by atoms with Gasteiger partial charge in [0.1, 0.15) is 10.5 Å². The number of carbonyl (C=O) groups is 1. The molecule has 5 rings (SSSR count). The Balaban J connectivity index is 1.32. The molecule has 1 aliphatic rings. The van der Waals surface area contributed by atoms with Crippen molar-refractivity contribution in [1.82, 2.24) is 40.2 Å². The number of anilines is 2. The first-order valence-corrected chi connectivity index (χ1v) is 15.9. The normalized spacial score (nSPS) is 16.7. The molecule has 1 saturated carbocycles. The number of alkyl halides is 3. The number of nitrogens with zero attached hydrogens (tertiary/aromatic N) is 8. The van der Waals surface area contributed by atoms with Crippen molar-refractivity contribution in [2.45, 2.75) is 55.8 Å². The van der Waals surface area contributed by atoms with Crippen LogP contribution in [0.4, 0.5) is 29.7 Å². The number of urea groups is 1. The SMILES string of the molecule is CCNC(=O)N(c1cnc(-c2cnc(OC)nc2)cn1)C1CCC(Nc2ncc(C(F)(F)F)c(-c3cncc(S(N)(=O)=O)c3)n2)CC1. The number of methoxy groups -OCH3 is 1. The number of rotatable bonds is 9. The topological polar surface area (TPSA) is 204 Å². The minimum Gasteiger partial charge on any atom is -0.467 e. The number of carbonyl (C=O) groups excluding carboxylic acids is 1. The number of primary sulfonamides is 1. The van der Waals surface area contributed by atoms with Gasteiger partial charge in [-0.15, -0.1) is 0 Å². The van der Waals surface area contributed by atoms with Crippen molar-refractivity contribution in [3.63, 3.8) is 0 Å². The fraction of sp³-hybridized carbons (Fsp3) is 0.357. The number of halogens is 3. The lowest BCUT2D eigenvalue weighted by molar-refractivity contribution is -0.137. The lowest BCUT2D eigenvalue weighted by Gasteiger charge is -2.36. The third kappa shape index (κ3) is 7.86. The van der Waals surface area contributed by atoms with Crippen LogP contribution in [0.15, 0.2) is 54.3 Å². The van der Waals surface area contributed by atoms with Gasteiger partial charge in [-0.3, -0.25) is 14.9 Å². The first kappa shape index (κ1) is 33.3. The molecule has 2 amide bonds. The van der Waals surface area contributed by atoms with E-state index >= 15 is 0 Å². The average molecular weight is 674 g/mol. The molecule has 15 nitrogen and oxygen atoms in total.